The minimum Gasteiger partial charge on any atom is -0.394 e. The molecule has 0 heterocycles. The quantitative estimate of drug-likeness (QED) is 0.685. The highest BCUT2D eigenvalue weighted by Gasteiger charge is 2.29. The highest BCUT2D eigenvalue weighted by Crippen LogP contribution is 2.26. The number of benzene rings is 1. The Kier molecular flexibility index (Phi) is 5.24. The van der Waals surface area contributed by atoms with E-state index in [1.807, 2.05) is 0 Å². The first kappa shape index (κ1) is 16.3. The van der Waals surface area contributed by atoms with E-state index < -0.39 is 10.0 Å². The van der Waals surface area contributed by atoms with Crippen LogP contribution in [0.2, 0.25) is 0 Å². The van der Waals surface area contributed by atoms with Crippen molar-refractivity contribution >= 4 is 15.7 Å². The van der Waals surface area contributed by atoms with Crippen molar-refractivity contribution in [2.45, 2.75) is 50.1 Å². The molecule has 0 amide bonds. The van der Waals surface area contributed by atoms with Gasteiger partial charge in [0.15, 0.2) is 0 Å². The maximum Gasteiger partial charge on any atom is 0.242 e. The lowest BCUT2D eigenvalue weighted by atomic mass is 10.0. The van der Waals surface area contributed by atoms with Crippen molar-refractivity contribution in [1.29, 1.82) is 0 Å². The van der Waals surface area contributed by atoms with Crippen LogP contribution in [0.3, 0.4) is 0 Å². The Hall–Kier alpha value is -1.11. The molecule has 2 rings (SSSR count). The zero-order chi connectivity index (χ0) is 15.5. The van der Waals surface area contributed by atoms with E-state index in [9.17, 15) is 13.5 Å². The average molecular weight is 312 g/mol. The minimum atomic E-state index is -3.50. The molecular weight excluding hydrogens is 288 g/mol. The molecule has 1 aliphatic carbocycles. The molecular formula is C15H24N2O3S. The molecule has 21 heavy (non-hydrogen) atoms. The minimum absolute atomic E-state index is 0.0252. The molecule has 1 saturated carbocycles. The van der Waals surface area contributed by atoms with Crippen molar-refractivity contribution in [3.63, 3.8) is 0 Å². The first-order valence-electron chi connectivity index (χ1n) is 7.41. The lowest BCUT2D eigenvalue weighted by Crippen LogP contribution is -2.29. The smallest absolute Gasteiger partial charge is 0.242 e. The summed E-state index contributed by atoms with van der Waals surface area (Å²) in [4.78, 5) is 0.249. The van der Waals surface area contributed by atoms with Crippen molar-refractivity contribution < 1.29 is 13.5 Å². The lowest BCUT2D eigenvalue weighted by molar-refractivity contribution is 0.259. The highest BCUT2D eigenvalue weighted by atomic mass is 32.2. The Morgan fingerprint density at radius 3 is 2.52 bits per heavy atom. The molecule has 0 bridgehead atoms. The normalized spacial score (nSPS) is 17.0. The Bertz CT molecular complexity index is 568. The van der Waals surface area contributed by atoms with Crippen molar-refractivity contribution in [1.82, 2.24) is 4.72 Å². The Morgan fingerprint density at radius 2 is 1.95 bits per heavy atom. The van der Waals surface area contributed by atoms with E-state index >= 15 is 0 Å². The van der Waals surface area contributed by atoms with Gasteiger partial charge in [0, 0.05) is 12.1 Å². The molecule has 3 N–H and O–H groups in total. The molecule has 1 unspecified atom stereocenters. The van der Waals surface area contributed by atoms with Gasteiger partial charge in [0.25, 0.3) is 0 Å². The van der Waals surface area contributed by atoms with Crippen LogP contribution in [-0.2, 0) is 10.0 Å². The monoisotopic (exact) mass is 312 g/mol. The van der Waals surface area contributed by atoms with Gasteiger partial charge in [-0.05, 0) is 37.3 Å². The van der Waals surface area contributed by atoms with E-state index in [4.69, 9.17) is 0 Å². The van der Waals surface area contributed by atoms with Gasteiger partial charge in [0.1, 0.15) is 4.90 Å². The van der Waals surface area contributed by atoms with Gasteiger partial charge in [0.05, 0.1) is 12.3 Å². The zero-order valence-corrected chi connectivity index (χ0v) is 13.4. The summed E-state index contributed by atoms with van der Waals surface area (Å²) in [5, 5.41) is 12.6. The van der Waals surface area contributed by atoms with Crippen LogP contribution in [0.4, 0.5) is 5.69 Å². The molecule has 1 aromatic carbocycles. The van der Waals surface area contributed by atoms with Gasteiger partial charge in [-0.3, -0.25) is 0 Å². The molecule has 118 valence electrons. The average Bonchev–Trinajstić information content (AvgIpc) is 3.21. The number of rotatable bonds is 8. The maximum absolute atomic E-state index is 12.4. The molecule has 0 radical (unpaired) electrons. The molecule has 1 aliphatic rings. The van der Waals surface area contributed by atoms with Crippen LogP contribution in [0.25, 0.3) is 0 Å². The maximum atomic E-state index is 12.4. The number of sulfonamides is 1. The second-order valence-corrected chi connectivity index (χ2v) is 7.73. The van der Waals surface area contributed by atoms with E-state index in [1.165, 1.54) is 0 Å². The van der Waals surface area contributed by atoms with Crippen molar-refractivity contribution in [3.05, 3.63) is 24.3 Å². The highest BCUT2D eigenvalue weighted by molar-refractivity contribution is 7.89. The largest absolute Gasteiger partial charge is 0.394 e. The molecule has 1 aromatic rings. The van der Waals surface area contributed by atoms with E-state index in [-0.39, 0.29) is 23.6 Å². The number of nitrogens with one attached hydrogen (secondary N) is 2. The van der Waals surface area contributed by atoms with Crippen LogP contribution < -0.4 is 10.0 Å². The second kappa shape index (κ2) is 6.77. The fraction of sp³-hybridized carbons (Fsp3) is 0.600. The SMILES string of the molecule is CC(C)CC(CO)Nc1ccccc1S(=O)(=O)NC1CC1. The summed E-state index contributed by atoms with van der Waals surface area (Å²) < 4.78 is 27.5. The fourth-order valence-corrected chi connectivity index (χ4v) is 3.75. The van der Waals surface area contributed by atoms with E-state index in [0.29, 0.717) is 11.6 Å². The predicted octanol–water partition coefficient (Wildman–Crippen LogP) is 1.95. The summed E-state index contributed by atoms with van der Waals surface area (Å²) in [5.74, 6) is 0.419. The summed E-state index contributed by atoms with van der Waals surface area (Å²) in [5.41, 5.74) is 0.547. The first-order valence-corrected chi connectivity index (χ1v) is 8.89. The number of para-hydroxylation sites is 1. The summed E-state index contributed by atoms with van der Waals surface area (Å²) >= 11 is 0. The number of hydrogen-bond acceptors (Lipinski definition) is 4. The lowest BCUT2D eigenvalue weighted by Gasteiger charge is -2.21. The molecule has 1 atom stereocenters. The first-order chi connectivity index (χ1) is 9.92. The van der Waals surface area contributed by atoms with E-state index in [2.05, 4.69) is 23.9 Å². The van der Waals surface area contributed by atoms with Gasteiger partial charge in [0.2, 0.25) is 10.0 Å². The summed E-state index contributed by atoms with van der Waals surface area (Å²) in [6, 6.07) is 6.77. The van der Waals surface area contributed by atoms with Crippen molar-refractivity contribution in [2.24, 2.45) is 5.92 Å². The molecule has 0 spiro atoms. The van der Waals surface area contributed by atoms with Gasteiger partial charge < -0.3 is 10.4 Å². The number of anilines is 1. The molecule has 6 heteroatoms. The topological polar surface area (TPSA) is 78.4 Å². The molecule has 0 aromatic heterocycles. The van der Waals surface area contributed by atoms with Crippen LogP contribution in [0.15, 0.2) is 29.2 Å². The molecule has 1 fully saturated rings. The Labute approximate surface area is 126 Å². The van der Waals surface area contributed by atoms with Crippen LogP contribution in [0.5, 0.6) is 0 Å². The summed E-state index contributed by atoms with van der Waals surface area (Å²) in [6.45, 7) is 4.12. The Morgan fingerprint density at radius 1 is 1.29 bits per heavy atom. The van der Waals surface area contributed by atoms with Crippen LogP contribution in [0.1, 0.15) is 33.1 Å². The van der Waals surface area contributed by atoms with Crippen LogP contribution in [-0.4, -0.2) is 32.2 Å². The van der Waals surface area contributed by atoms with Gasteiger partial charge in [-0.25, -0.2) is 13.1 Å². The summed E-state index contributed by atoms with van der Waals surface area (Å²) in [6.07, 6.45) is 2.59. The standard InChI is InChI=1S/C15H24N2O3S/c1-11(2)9-13(10-18)16-14-5-3-4-6-15(14)21(19,20)17-12-7-8-12/h3-6,11-13,16-18H,7-10H2,1-2H3. The van der Waals surface area contributed by atoms with Gasteiger partial charge >= 0.3 is 0 Å². The third-order valence-corrected chi connectivity index (χ3v) is 4.99. The van der Waals surface area contributed by atoms with Crippen molar-refractivity contribution in [2.75, 3.05) is 11.9 Å². The second-order valence-electron chi connectivity index (χ2n) is 6.05. The number of hydrogen-bond donors (Lipinski definition) is 3. The van der Waals surface area contributed by atoms with Crippen molar-refractivity contribution in [3.8, 4) is 0 Å². The van der Waals surface area contributed by atoms with Gasteiger partial charge in [-0.15, -0.1) is 0 Å². The van der Waals surface area contributed by atoms with Gasteiger partial charge in [-0.1, -0.05) is 26.0 Å². The van der Waals surface area contributed by atoms with Crippen LogP contribution in [0, 0.1) is 5.92 Å². The fourth-order valence-electron chi connectivity index (χ4n) is 2.27. The van der Waals surface area contributed by atoms with E-state index in [1.54, 1.807) is 24.3 Å². The predicted molar refractivity (Wildman–Crippen MR) is 83.7 cm³/mol. The zero-order valence-electron chi connectivity index (χ0n) is 12.5. The molecule has 0 aliphatic heterocycles. The number of aliphatic hydroxyl groups is 1. The van der Waals surface area contributed by atoms with E-state index in [0.717, 1.165) is 19.3 Å². The third-order valence-electron chi connectivity index (χ3n) is 3.41. The molecule has 0 saturated heterocycles. The molecule has 5 nitrogen and oxygen atoms in total. The third kappa shape index (κ3) is 4.69. The number of aliphatic hydroxyl groups excluding tert-OH is 1. The Balaban J connectivity index is 2.19. The van der Waals surface area contributed by atoms with Gasteiger partial charge in [-0.2, -0.15) is 0 Å². The summed E-state index contributed by atoms with van der Waals surface area (Å²) in [7, 11) is -3.50. The van der Waals surface area contributed by atoms with Crippen LogP contribution >= 0.6 is 0 Å².